The SMILES string of the molecule is C=CCSc1nc2ccc(NC(=O)/C=C/c3ccccc3)cc2s1. The molecule has 0 spiro atoms. The number of nitrogens with zero attached hydrogens (tertiary/aromatic N) is 1. The number of thiazole rings is 1. The summed E-state index contributed by atoms with van der Waals surface area (Å²) in [5, 5.41) is 2.89. The van der Waals surface area contributed by atoms with Crippen LogP contribution in [0.2, 0.25) is 0 Å². The van der Waals surface area contributed by atoms with Gasteiger partial charge >= 0.3 is 0 Å². The summed E-state index contributed by atoms with van der Waals surface area (Å²) in [5.74, 6) is 0.692. The Kier molecular flexibility index (Phi) is 5.46. The van der Waals surface area contributed by atoms with Gasteiger partial charge in [0.05, 0.1) is 10.2 Å². The van der Waals surface area contributed by atoms with Crippen LogP contribution in [-0.4, -0.2) is 16.6 Å². The fraction of sp³-hybridized carbons (Fsp3) is 0.0526. The van der Waals surface area contributed by atoms with Gasteiger partial charge in [0.25, 0.3) is 0 Å². The molecule has 0 bridgehead atoms. The molecule has 0 aliphatic heterocycles. The number of hydrogen-bond acceptors (Lipinski definition) is 4. The third-order valence-electron chi connectivity index (χ3n) is 3.19. The van der Waals surface area contributed by atoms with Crippen molar-refractivity contribution >= 4 is 51.0 Å². The van der Waals surface area contributed by atoms with E-state index in [4.69, 9.17) is 0 Å². The topological polar surface area (TPSA) is 42.0 Å². The van der Waals surface area contributed by atoms with Crippen molar-refractivity contribution in [1.29, 1.82) is 0 Å². The molecule has 1 heterocycles. The van der Waals surface area contributed by atoms with Gasteiger partial charge in [0.1, 0.15) is 0 Å². The Balaban J connectivity index is 1.69. The Morgan fingerprint density at radius 2 is 2.08 bits per heavy atom. The highest BCUT2D eigenvalue weighted by Crippen LogP contribution is 2.31. The van der Waals surface area contributed by atoms with Gasteiger partial charge in [-0.3, -0.25) is 4.79 Å². The Morgan fingerprint density at radius 3 is 2.88 bits per heavy atom. The van der Waals surface area contributed by atoms with Crippen LogP contribution in [0.4, 0.5) is 5.69 Å². The quantitative estimate of drug-likeness (QED) is 0.375. The second-order valence-corrected chi connectivity index (χ2v) is 7.29. The lowest BCUT2D eigenvalue weighted by atomic mass is 10.2. The molecule has 3 rings (SSSR count). The molecule has 0 fully saturated rings. The van der Waals surface area contributed by atoms with Crippen LogP contribution in [0.15, 0.2) is 71.6 Å². The molecule has 0 atom stereocenters. The molecular formula is C19H16N2OS2. The number of benzene rings is 2. The van der Waals surface area contributed by atoms with Crippen LogP contribution < -0.4 is 5.32 Å². The molecule has 120 valence electrons. The second kappa shape index (κ2) is 7.95. The average molecular weight is 352 g/mol. The van der Waals surface area contributed by atoms with E-state index < -0.39 is 0 Å². The van der Waals surface area contributed by atoms with Crippen LogP contribution in [0, 0.1) is 0 Å². The van der Waals surface area contributed by atoms with E-state index in [0.29, 0.717) is 0 Å². The minimum atomic E-state index is -0.149. The fourth-order valence-corrected chi connectivity index (χ4v) is 3.96. The number of fused-ring (bicyclic) bond motifs is 1. The van der Waals surface area contributed by atoms with Crippen molar-refractivity contribution in [2.45, 2.75) is 4.34 Å². The molecule has 1 amide bonds. The van der Waals surface area contributed by atoms with E-state index in [1.807, 2.05) is 54.6 Å². The van der Waals surface area contributed by atoms with Crippen molar-refractivity contribution in [2.24, 2.45) is 0 Å². The first-order chi connectivity index (χ1) is 11.7. The van der Waals surface area contributed by atoms with E-state index in [0.717, 1.165) is 31.6 Å². The molecule has 5 heteroatoms. The standard InChI is InChI=1S/C19H16N2OS2/c1-2-12-23-19-21-16-10-9-15(13-17(16)24-19)20-18(22)11-8-14-6-4-3-5-7-14/h2-11,13H,1,12H2,(H,20,22)/b11-8+. The molecule has 0 saturated heterocycles. The highest BCUT2D eigenvalue weighted by molar-refractivity contribution is 8.01. The molecule has 0 unspecified atom stereocenters. The van der Waals surface area contributed by atoms with Gasteiger partial charge in [0.15, 0.2) is 4.34 Å². The summed E-state index contributed by atoms with van der Waals surface area (Å²) in [6, 6.07) is 15.5. The van der Waals surface area contributed by atoms with Crippen molar-refractivity contribution in [3.63, 3.8) is 0 Å². The number of anilines is 1. The summed E-state index contributed by atoms with van der Waals surface area (Å²) < 4.78 is 2.07. The van der Waals surface area contributed by atoms with E-state index >= 15 is 0 Å². The molecule has 0 radical (unpaired) electrons. The van der Waals surface area contributed by atoms with Gasteiger partial charge in [0, 0.05) is 17.5 Å². The third-order valence-corrected chi connectivity index (χ3v) is 5.34. The van der Waals surface area contributed by atoms with Gasteiger partial charge in [0.2, 0.25) is 5.91 Å². The van der Waals surface area contributed by atoms with Crippen LogP contribution in [0.1, 0.15) is 5.56 Å². The van der Waals surface area contributed by atoms with Gasteiger partial charge in [-0.25, -0.2) is 4.98 Å². The van der Waals surface area contributed by atoms with Crippen LogP contribution in [-0.2, 0) is 4.79 Å². The van der Waals surface area contributed by atoms with Gasteiger partial charge < -0.3 is 5.32 Å². The van der Waals surface area contributed by atoms with E-state index in [2.05, 4.69) is 16.9 Å². The first-order valence-corrected chi connectivity index (χ1v) is 9.23. The fourth-order valence-electron chi connectivity index (χ4n) is 2.09. The maximum absolute atomic E-state index is 12.0. The van der Waals surface area contributed by atoms with Gasteiger partial charge in [-0.05, 0) is 29.8 Å². The zero-order chi connectivity index (χ0) is 16.8. The Morgan fingerprint density at radius 1 is 1.25 bits per heavy atom. The molecule has 3 aromatic rings. The molecule has 0 aliphatic rings. The van der Waals surface area contributed by atoms with Gasteiger partial charge in [-0.2, -0.15) is 0 Å². The highest BCUT2D eigenvalue weighted by Gasteiger charge is 2.06. The van der Waals surface area contributed by atoms with Gasteiger partial charge in [-0.1, -0.05) is 48.2 Å². The van der Waals surface area contributed by atoms with E-state index in [1.165, 1.54) is 6.08 Å². The zero-order valence-corrected chi connectivity index (χ0v) is 14.6. The summed E-state index contributed by atoms with van der Waals surface area (Å²) in [6.45, 7) is 3.72. The number of hydrogen-bond donors (Lipinski definition) is 1. The van der Waals surface area contributed by atoms with Gasteiger partial charge in [-0.15, -0.1) is 17.9 Å². The minimum Gasteiger partial charge on any atom is -0.322 e. The average Bonchev–Trinajstić information content (AvgIpc) is 3.01. The van der Waals surface area contributed by atoms with E-state index in [9.17, 15) is 4.79 Å². The second-order valence-electron chi connectivity index (χ2n) is 5.00. The predicted octanol–water partition coefficient (Wildman–Crippen LogP) is 5.23. The lowest BCUT2D eigenvalue weighted by molar-refractivity contribution is -0.111. The Bertz CT molecular complexity index is 885. The normalized spacial score (nSPS) is 11.0. The summed E-state index contributed by atoms with van der Waals surface area (Å²) in [6.07, 6.45) is 5.20. The van der Waals surface area contributed by atoms with Crippen molar-refractivity contribution in [3.05, 3.63) is 72.8 Å². The number of carbonyl (C=O) groups excluding carboxylic acids is 1. The number of aromatic nitrogens is 1. The third kappa shape index (κ3) is 4.34. The maximum Gasteiger partial charge on any atom is 0.248 e. The van der Waals surface area contributed by atoms with Crippen LogP contribution in [0.25, 0.3) is 16.3 Å². The molecule has 1 N–H and O–H groups in total. The minimum absolute atomic E-state index is 0.149. The van der Waals surface area contributed by atoms with Crippen LogP contribution in [0.3, 0.4) is 0 Å². The first-order valence-electron chi connectivity index (χ1n) is 7.43. The molecular weight excluding hydrogens is 336 g/mol. The van der Waals surface area contributed by atoms with Crippen molar-refractivity contribution in [2.75, 3.05) is 11.1 Å². The number of carbonyl (C=O) groups is 1. The van der Waals surface area contributed by atoms with E-state index in [1.54, 1.807) is 29.2 Å². The molecule has 3 nitrogen and oxygen atoms in total. The van der Waals surface area contributed by atoms with Crippen molar-refractivity contribution < 1.29 is 4.79 Å². The van der Waals surface area contributed by atoms with Crippen molar-refractivity contribution in [1.82, 2.24) is 4.98 Å². The smallest absolute Gasteiger partial charge is 0.248 e. The highest BCUT2D eigenvalue weighted by atomic mass is 32.2. The van der Waals surface area contributed by atoms with Crippen LogP contribution >= 0.6 is 23.1 Å². The molecule has 24 heavy (non-hydrogen) atoms. The Hall–Kier alpha value is -2.37. The summed E-state index contributed by atoms with van der Waals surface area (Å²) >= 11 is 3.29. The monoisotopic (exact) mass is 352 g/mol. The summed E-state index contributed by atoms with van der Waals surface area (Å²) in [7, 11) is 0. The number of rotatable bonds is 6. The number of thioether (sulfide) groups is 1. The lowest BCUT2D eigenvalue weighted by Crippen LogP contribution is -2.07. The lowest BCUT2D eigenvalue weighted by Gasteiger charge is -2.01. The number of nitrogens with one attached hydrogen (secondary N) is 1. The largest absolute Gasteiger partial charge is 0.322 e. The van der Waals surface area contributed by atoms with Crippen LogP contribution in [0.5, 0.6) is 0 Å². The van der Waals surface area contributed by atoms with Crippen molar-refractivity contribution in [3.8, 4) is 0 Å². The summed E-state index contributed by atoms with van der Waals surface area (Å²) in [4.78, 5) is 16.6. The maximum atomic E-state index is 12.0. The van der Waals surface area contributed by atoms with E-state index in [-0.39, 0.29) is 5.91 Å². The Labute approximate surface area is 149 Å². The summed E-state index contributed by atoms with van der Waals surface area (Å²) in [5.41, 5.74) is 2.72. The zero-order valence-electron chi connectivity index (χ0n) is 12.9. The molecule has 2 aromatic carbocycles. The molecule has 0 aliphatic carbocycles. The first kappa shape index (κ1) is 16.5. The predicted molar refractivity (Wildman–Crippen MR) is 105 cm³/mol. The molecule has 1 aromatic heterocycles. The number of amides is 1. The molecule has 0 saturated carbocycles.